The Morgan fingerprint density at radius 3 is 2.79 bits per heavy atom. The molecule has 4 nitrogen and oxygen atoms in total. The molecule has 2 aromatic rings. The number of hydrogen-bond acceptors (Lipinski definition) is 4. The molecule has 19 heavy (non-hydrogen) atoms. The van der Waals surface area contributed by atoms with Crippen molar-refractivity contribution in [3.05, 3.63) is 35.0 Å². The topological polar surface area (TPSA) is 60.2 Å². The molecular weight excluding hydrogens is 286 g/mol. The predicted octanol–water partition coefficient (Wildman–Crippen LogP) is 3.08. The summed E-state index contributed by atoms with van der Waals surface area (Å²) in [6.07, 6.45) is 3.29. The van der Waals surface area contributed by atoms with Gasteiger partial charge < -0.3 is 4.52 Å². The second-order valence-electron chi connectivity index (χ2n) is 4.71. The third-order valence-corrected chi connectivity index (χ3v) is 4.40. The van der Waals surface area contributed by atoms with E-state index in [1.807, 2.05) is 0 Å². The Balaban J connectivity index is 2.12. The molecular formula is C13H11ClNO3S. The Morgan fingerprint density at radius 1 is 1.42 bits per heavy atom. The molecule has 0 N–H and O–H groups in total. The number of rotatable bonds is 3. The van der Waals surface area contributed by atoms with Gasteiger partial charge in [-0.05, 0) is 31.0 Å². The first kappa shape index (κ1) is 12.7. The number of hydrogen-bond donors (Lipinski definition) is 0. The molecule has 1 aromatic carbocycles. The van der Waals surface area contributed by atoms with Crippen molar-refractivity contribution in [1.82, 2.24) is 5.16 Å². The fourth-order valence-electron chi connectivity index (χ4n) is 1.89. The van der Waals surface area contributed by atoms with E-state index in [0.29, 0.717) is 28.0 Å². The van der Waals surface area contributed by atoms with Gasteiger partial charge in [0.2, 0.25) is 0 Å². The number of benzene rings is 1. The molecule has 1 aliphatic carbocycles. The summed E-state index contributed by atoms with van der Waals surface area (Å²) in [4.78, 5) is 0.145. The highest BCUT2D eigenvalue weighted by atomic mass is 35.5. The first-order valence-corrected chi connectivity index (χ1v) is 8.11. The average Bonchev–Trinajstić information content (AvgIpc) is 3.07. The van der Waals surface area contributed by atoms with Gasteiger partial charge in [-0.1, -0.05) is 16.8 Å². The Kier molecular flexibility index (Phi) is 2.91. The van der Waals surface area contributed by atoms with Crippen LogP contribution in [0.2, 0.25) is 5.02 Å². The summed E-state index contributed by atoms with van der Waals surface area (Å²) < 4.78 is 28.8. The van der Waals surface area contributed by atoms with Crippen LogP contribution in [-0.4, -0.2) is 19.8 Å². The maximum Gasteiger partial charge on any atom is 0.176 e. The van der Waals surface area contributed by atoms with Crippen LogP contribution in [0, 0.1) is 6.07 Å². The second kappa shape index (κ2) is 4.35. The van der Waals surface area contributed by atoms with Crippen LogP contribution in [-0.2, 0) is 9.84 Å². The van der Waals surface area contributed by atoms with E-state index >= 15 is 0 Å². The summed E-state index contributed by atoms with van der Waals surface area (Å²) in [7, 11) is -3.39. The summed E-state index contributed by atoms with van der Waals surface area (Å²) in [5.74, 6) is 1.08. The van der Waals surface area contributed by atoms with Gasteiger partial charge in [0.25, 0.3) is 0 Å². The van der Waals surface area contributed by atoms with E-state index in [0.717, 1.165) is 19.1 Å². The van der Waals surface area contributed by atoms with E-state index in [-0.39, 0.29) is 4.90 Å². The lowest BCUT2D eigenvalue weighted by molar-refractivity contribution is 0.386. The Bertz CT molecular complexity index is 732. The molecule has 1 radical (unpaired) electrons. The van der Waals surface area contributed by atoms with Crippen LogP contribution in [0.15, 0.2) is 27.6 Å². The van der Waals surface area contributed by atoms with Crippen LogP contribution in [0.25, 0.3) is 11.3 Å². The monoisotopic (exact) mass is 296 g/mol. The van der Waals surface area contributed by atoms with Gasteiger partial charge in [0, 0.05) is 22.8 Å². The Labute approximate surface area is 116 Å². The maximum atomic E-state index is 11.8. The van der Waals surface area contributed by atoms with Crippen molar-refractivity contribution in [3.63, 3.8) is 0 Å². The molecule has 0 bridgehead atoms. The smallest absolute Gasteiger partial charge is 0.176 e. The van der Waals surface area contributed by atoms with E-state index < -0.39 is 9.84 Å². The van der Waals surface area contributed by atoms with Gasteiger partial charge in [0.05, 0.1) is 11.0 Å². The highest BCUT2D eigenvalue weighted by Crippen LogP contribution is 2.41. The third kappa shape index (κ3) is 2.53. The molecule has 1 aliphatic rings. The molecule has 1 aromatic heterocycles. The summed E-state index contributed by atoms with van der Waals surface area (Å²) in [6.45, 7) is 0. The number of nitrogens with zero attached hydrogens (tertiary/aromatic N) is 1. The molecule has 0 spiro atoms. The number of aromatic nitrogens is 1. The molecule has 0 unspecified atom stereocenters. The third-order valence-electron chi connectivity index (χ3n) is 3.02. The summed E-state index contributed by atoms with van der Waals surface area (Å²) >= 11 is 5.86. The van der Waals surface area contributed by atoms with Gasteiger partial charge in [-0.3, -0.25) is 0 Å². The quantitative estimate of drug-likeness (QED) is 0.873. The minimum Gasteiger partial charge on any atom is -0.360 e. The molecule has 1 fully saturated rings. The highest BCUT2D eigenvalue weighted by molar-refractivity contribution is 7.90. The SMILES string of the molecule is CS(=O)(=O)c1cc(Cl)ccc1-c1[c]c(C2CC2)on1. The van der Waals surface area contributed by atoms with E-state index in [2.05, 4.69) is 11.2 Å². The van der Waals surface area contributed by atoms with Crippen LogP contribution in [0.3, 0.4) is 0 Å². The number of sulfone groups is 1. The maximum absolute atomic E-state index is 11.8. The van der Waals surface area contributed by atoms with Crippen molar-refractivity contribution in [1.29, 1.82) is 0 Å². The van der Waals surface area contributed by atoms with Crippen molar-refractivity contribution < 1.29 is 12.9 Å². The molecule has 6 heteroatoms. The van der Waals surface area contributed by atoms with Crippen LogP contribution < -0.4 is 0 Å². The van der Waals surface area contributed by atoms with Gasteiger partial charge in [-0.25, -0.2) is 8.42 Å². The highest BCUT2D eigenvalue weighted by Gasteiger charge is 2.29. The standard InChI is InChI=1S/C13H11ClNO3S/c1-19(16,17)13-6-9(14)4-5-10(13)11-7-12(18-15-11)8-2-3-8/h4-6,8H,2-3H2,1H3. The largest absolute Gasteiger partial charge is 0.360 e. The van der Waals surface area contributed by atoms with Gasteiger partial charge in [-0.15, -0.1) is 0 Å². The lowest BCUT2D eigenvalue weighted by Crippen LogP contribution is -2.00. The van der Waals surface area contributed by atoms with Crippen LogP contribution >= 0.6 is 11.6 Å². The van der Waals surface area contributed by atoms with Gasteiger partial charge in [0.15, 0.2) is 9.84 Å². The zero-order valence-corrected chi connectivity index (χ0v) is 11.8. The Hall–Kier alpha value is -1.33. The molecule has 0 atom stereocenters. The van der Waals surface area contributed by atoms with Gasteiger partial charge in [0.1, 0.15) is 11.5 Å². The van der Waals surface area contributed by atoms with E-state index in [4.69, 9.17) is 16.1 Å². The van der Waals surface area contributed by atoms with Crippen LogP contribution in [0.1, 0.15) is 24.5 Å². The van der Waals surface area contributed by atoms with Gasteiger partial charge >= 0.3 is 0 Å². The second-order valence-corrected chi connectivity index (χ2v) is 7.13. The van der Waals surface area contributed by atoms with E-state index in [9.17, 15) is 8.42 Å². The van der Waals surface area contributed by atoms with E-state index in [1.165, 1.54) is 6.07 Å². The molecule has 1 heterocycles. The van der Waals surface area contributed by atoms with Crippen molar-refractivity contribution >= 4 is 21.4 Å². The van der Waals surface area contributed by atoms with Crippen LogP contribution in [0.5, 0.6) is 0 Å². The molecule has 3 rings (SSSR count). The minimum absolute atomic E-state index is 0.145. The fraction of sp³-hybridized carbons (Fsp3) is 0.308. The predicted molar refractivity (Wildman–Crippen MR) is 70.9 cm³/mol. The average molecular weight is 297 g/mol. The van der Waals surface area contributed by atoms with E-state index in [1.54, 1.807) is 12.1 Å². The fourth-order valence-corrected chi connectivity index (χ4v) is 3.04. The van der Waals surface area contributed by atoms with Crippen molar-refractivity contribution in [2.75, 3.05) is 6.26 Å². The molecule has 0 aliphatic heterocycles. The van der Waals surface area contributed by atoms with Crippen molar-refractivity contribution in [2.45, 2.75) is 23.7 Å². The van der Waals surface area contributed by atoms with Crippen LogP contribution in [0.4, 0.5) is 0 Å². The zero-order chi connectivity index (χ0) is 13.6. The lowest BCUT2D eigenvalue weighted by atomic mass is 10.1. The summed E-state index contributed by atoms with van der Waals surface area (Å²) in [5, 5.41) is 4.28. The molecule has 0 saturated heterocycles. The normalized spacial score (nSPS) is 15.7. The molecule has 1 saturated carbocycles. The number of halogens is 1. The lowest BCUT2D eigenvalue weighted by Gasteiger charge is -2.05. The van der Waals surface area contributed by atoms with Crippen molar-refractivity contribution in [3.8, 4) is 11.3 Å². The first-order chi connectivity index (χ1) is 8.95. The minimum atomic E-state index is -3.39. The summed E-state index contributed by atoms with van der Waals surface area (Å²) in [6, 6.07) is 7.72. The first-order valence-electron chi connectivity index (χ1n) is 5.84. The van der Waals surface area contributed by atoms with Crippen molar-refractivity contribution in [2.24, 2.45) is 0 Å². The zero-order valence-electron chi connectivity index (χ0n) is 10.2. The molecule has 0 amide bonds. The molecule has 99 valence electrons. The van der Waals surface area contributed by atoms with Gasteiger partial charge in [-0.2, -0.15) is 0 Å². The summed E-state index contributed by atoms with van der Waals surface area (Å²) in [5.41, 5.74) is 0.890. The Morgan fingerprint density at radius 2 is 2.16 bits per heavy atom.